The third-order valence-electron chi connectivity index (χ3n) is 4.13. The van der Waals surface area contributed by atoms with Gasteiger partial charge in [-0.2, -0.15) is 0 Å². The third kappa shape index (κ3) is 3.29. The van der Waals surface area contributed by atoms with Gasteiger partial charge >= 0.3 is 0 Å². The second kappa shape index (κ2) is 6.29. The van der Waals surface area contributed by atoms with Crippen LogP contribution in [-0.4, -0.2) is 43.2 Å². The molecule has 0 aliphatic carbocycles. The first kappa shape index (κ1) is 14.1. The average molecular weight is 310 g/mol. The van der Waals surface area contributed by atoms with Gasteiger partial charge in [-0.05, 0) is 31.0 Å². The molecule has 0 spiro atoms. The predicted molar refractivity (Wildman–Crippen MR) is 83.1 cm³/mol. The summed E-state index contributed by atoms with van der Waals surface area (Å²) in [5.41, 5.74) is 0.955. The van der Waals surface area contributed by atoms with Crippen LogP contribution in [0.1, 0.15) is 12.3 Å². The van der Waals surface area contributed by atoms with E-state index in [1.54, 1.807) is 6.20 Å². The molecule has 0 bridgehead atoms. The van der Waals surface area contributed by atoms with Crippen molar-refractivity contribution in [2.24, 2.45) is 5.92 Å². The number of hydrogen-bond acceptors (Lipinski definition) is 6. The van der Waals surface area contributed by atoms with E-state index in [-0.39, 0.29) is 0 Å². The summed E-state index contributed by atoms with van der Waals surface area (Å²) in [5.74, 6) is 1.84. The molecule has 23 heavy (non-hydrogen) atoms. The van der Waals surface area contributed by atoms with Crippen molar-refractivity contribution in [3.8, 4) is 11.5 Å². The Labute approximate surface area is 133 Å². The van der Waals surface area contributed by atoms with Gasteiger partial charge in [0.2, 0.25) is 11.8 Å². The van der Waals surface area contributed by atoms with Gasteiger partial charge in [-0.15, -0.1) is 15.3 Å². The molecule has 0 N–H and O–H groups in total. The Bertz CT molecular complexity index is 739. The minimum Gasteiger partial charge on any atom is -0.419 e. The minimum absolute atomic E-state index is 0.582. The lowest BCUT2D eigenvalue weighted by molar-refractivity contribution is 0.275. The van der Waals surface area contributed by atoms with Crippen molar-refractivity contribution in [3.05, 3.63) is 48.6 Å². The Hall–Kier alpha value is -2.54. The summed E-state index contributed by atoms with van der Waals surface area (Å²) in [5, 5.41) is 16.2. The lowest BCUT2D eigenvalue weighted by Gasteiger charge is -2.13. The summed E-state index contributed by atoms with van der Waals surface area (Å²) in [7, 11) is 0. The van der Waals surface area contributed by atoms with Gasteiger partial charge in [0.25, 0.3) is 0 Å². The number of aromatic nitrogens is 5. The molecule has 4 rings (SSSR count). The summed E-state index contributed by atoms with van der Waals surface area (Å²) in [6.07, 6.45) is 4.78. The molecule has 3 aromatic rings. The molecule has 1 aliphatic rings. The first-order chi connectivity index (χ1) is 11.4. The summed E-state index contributed by atoms with van der Waals surface area (Å²) >= 11 is 0. The molecule has 0 radical (unpaired) electrons. The van der Waals surface area contributed by atoms with E-state index in [1.165, 1.54) is 0 Å². The van der Waals surface area contributed by atoms with Gasteiger partial charge in [-0.1, -0.05) is 23.4 Å². The molecule has 1 aliphatic heterocycles. The molecule has 1 unspecified atom stereocenters. The second-order valence-electron chi connectivity index (χ2n) is 5.88. The summed E-state index contributed by atoms with van der Waals surface area (Å²) in [6.45, 7) is 3.68. The van der Waals surface area contributed by atoms with Crippen LogP contribution in [0.5, 0.6) is 0 Å². The monoisotopic (exact) mass is 310 g/mol. The molecule has 0 amide bonds. The Morgan fingerprint density at radius 1 is 1.17 bits per heavy atom. The predicted octanol–water partition coefficient (Wildman–Crippen LogP) is 1.85. The van der Waals surface area contributed by atoms with Crippen LogP contribution in [0.3, 0.4) is 0 Å². The van der Waals surface area contributed by atoms with Gasteiger partial charge in [0.15, 0.2) is 0 Å². The Morgan fingerprint density at radius 2 is 2.09 bits per heavy atom. The fourth-order valence-electron chi connectivity index (χ4n) is 3.01. The van der Waals surface area contributed by atoms with E-state index < -0.39 is 0 Å². The zero-order valence-electron chi connectivity index (χ0n) is 12.7. The van der Waals surface area contributed by atoms with E-state index in [0.29, 0.717) is 24.2 Å². The molecule has 0 saturated carbocycles. The highest BCUT2D eigenvalue weighted by molar-refractivity contribution is 5.51. The highest BCUT2D eigenvalue weighted by Crippen LogP contribution is 2.21. The van der Waals surface area contributed by atoms with Crippen molar-refractivity contribution in [2.45, 2.75) is 19.5 Å². The first-order valence-electron chi connectivity index (χ1n) is 7.81. The number of hydrogen-bond donors (Lipinski definition) is 0. The van der Waals surface area contributed by atoms with Gasteiger partial charge in [0.1, 0.15) is 0 Å². The average Bonchev–Trinajstić information content (AvgIpc) is 3.32. The maximum atomic E-state index is 5.78. The zero-order chi connectivity index (χ0) is 15.5. The molecule has 7 heteroatoms. The molecular weight excluding hydrogens is 292 g/mol. The Balaban J connectivity index is 1.35. The van der Waals surface area contributed by atoms with E-state index in [2.05, 4.69) is 25.4 Å². The highest BCUT2D eigenvalue weighted by atomic mass is 16.4. The van der Waals surface area contributed by atoms with Crippen molar-refractivity contribution in [1.82, 2.24) is 30.1 Å². The van der Waals surface area contributed by atoms with Gasteiger partial charge in [-0.3, -0.25) is 9.58 Å². The quantitative estimate of drug-likeness (QED) is 0.716. The number of rotatable bonds is 5. The molecule has 7 nitrogen and oxygen atoms in total. The fraction of sp³-hybridized carbons (Fsp3) is 0.375. The van der Waals surface area contributed by atoms with Crippen molar-refractivity contribution < 1.29 is 4.42 Å². The lowest BCUT2D eigenvalue weighted by Crippen LogP contribution is -2.21. The molecular formula is C16H18N6O. The van der Waals surface area contributed by atoms with Crippen molar-refractivity contribution >= 4 is 0 Å². The largest absolute Gasteiger partial charge is 0.419 e. The zero-order valence-corrected chi connectivity index (χ0v) is 12.7. The van der Waals surface area contributed by atoms with E-state index in [9.17, 15) is 0 Å². The minimum atomic E-state index is 0.582. The molecule has 1 saturated heterocycles. The van der Waals surface area contributed by atoms with Gasteiger partial charge < -0.3 is 4.42 Å². The summed E-state index contributed by atoms with van der Waals surface area (Å²) < 4.78 is 7.68. The molecule has 1 atom stereocenters. The van der Waals surface area contributed by atoms with E-state index >= 15 is 0 Å². The highest BCUT2D eigenvalue weighted by Gasteiger charge is 2.24. The lowest BCUT2D eigenvalue weighted by atomic mass is 10.1. The number of nitrogens with zero attached hydrogens (tertiary/aromatic N) is 6. The molecule has 1 fully saturated rings. The Kier molecular flexibility index (Phi) is 3.85. The van der Waals surface area contributed by atoms with Gasteiger partial charge in [-0.25, -0.2) is 0 Å². The Morgan fingerprint density at radius 3 is 2.91 bits per heavy atom. The van der Waals surface area contributed by atoms with Crippen LogP contribution >= 0.6 is 0 Å². The normalized spacial score (nSPS) is 18.5. The van der Waals surface area contributed by atoms with E-state index in [0.717, 1.165) is 31.6 Å². The molecule has 1 aromatic carbocycles. The second-order valence-corrected chi connectivity index (χ2v) is 5.88. The van der Waals surface area contributed by atoms with E-state index in [4.69, 9.17) is 4.42 Å². The smallest absolute Gasteiger partial charge is 0.247 e. The van der Waals surface area contributed by atoms with Gasteiger partial charge in [0, 0.05) is 24.8 Å². The van der Waals surface area contributed by atoms with E-state index in [1.807, 2.05) is 41.2 Å². The van der Waals surface area contributed by atoms with Crippen LogP contribution in [0.25, 0.3) is 11.5 Å². The van der Waals surface area contributed by atoms with Gasteiger partial charge in [0.05, 0.1) is 12.7 Å². The fourth-order valence-corrected chi connectivity index (χ4v) is 3.01. The van der Waals surface area contributed by atoms with Crippen molar-refractivity contribution in [1.29, 1.82) is 0 Å². The van der Waals surface area contributed by atoms with Crippen molar-refractivity contribution in [2.75, 3.05) is 13.1 Å². The topological polar surface area (TPSA) is 72.9 Å². The standard InChI is InChI=1S/C16H18N6O/c1-2-4-14(5-3-1)16-19-18-15(23-16)12-21-8-6-13(10-21)11-22-9-7-17-20-22/h1-5,7,9,13H,6,8,10-12H2. The third-order valence-corrected chi connectivity index (χ3v) is 4.13. The molecule has 3 heterocycles. The SMILES string of the molecule is c1ccc(-c2nnc(CN3CCC(Cn4ccnn4)C3)o2)cc1. The van der Waals surface area contributed by atoms with Crippen LogP contribution < -0.4 is 0 Å². The number of benzene rings is 1. The maximum absolute atomic E-state index is 5.78. The van der Waals surface area contributed by atoms with Crippen LogP contribution in [-0.2, 0) is 13.1 Å². The summed E-state index contributed by atoms with van der Waals surface area (Å²) in [4.78, 5) is 2.35. The number of likely N-dealkylation sites (tertiary alicyclic amines) is 1. The van der Waals surface area contributed by atoms with Crippen LogP contribution in [0.15, 0.2) is 47.1 Å². The van der Waals surface area contributed by atoms with Crippen LogP contribution in [0, 0.1) is 5.92 Å². The van der Waals surface area contributed by atoms with Crippen molar-refractivity contribution in [3.63, 3.8) is 0 Å². The first-order valence-corrected chi connectivity index (χ1v) is 7.81. The molecule has 2 aromatic heterocycles. The van der Waals surface area contributed by atoms with Crippen LogP contribution in [0.4, 0.5) is 0 Å². The maximum Gasteiger partial charge on any atom is 0.247 e. The molecule has 118 valence electrons. The summed E-state index contributed by atoms with van der Waals surface area (Å²) in [6, 6.07) is 9.85. The van der Waals surface area contributed by atoms with Crippen LogP contribution in [0.2, 0.25) is 0 Å².